The largest absolute Gasteiger partial charge is 0.480 e. The molecular formula is C13H12Cl2N2O4. The summed E-state index contributed by atoms with van der Waals surface area (Å²) in [7, 11) is 0. The Balaban J connectivity index is 2.35. The number of carbonyl (C=O) groups excluding carboxylic acids is 1. The zero-order valence-electron chi connectivity index (χ0n) is 11.0. The van der Waals surface area contributed by atoms with Crippen molar-refractivity contribution in [3.05, 3.63) is 28.2 Å². The number of esters is 1. The van der Waals surface area contributed by atoms with Gasteiger partial charge in [-0.25, -0.2) is 9.59 Å². The number of rotatable bonds is 4. The number of anilines is 1. The van der Waals surface area contributed by atoms with E-state index in [0.29, 0.717) is 10.7 Å². The summed E-state index contributed by atoms with van der Waals surface area (Å²) in [6, 6.07) is 3.64. The lowest BCUT2D eigenvalue weighted by Gasteiger charge is -2.20. The zero-order chi connectivity index (χ0) is 15.6. The fourth-order valence-corrected chi connectivity index (χ4v) is 2.20. The summed E-state index contributed by atoms with van der Waals surface area (Å²) in [5, 5.41) is 15.2. The van der Waals surface area contributed by atoms with Crippen LogP contribution in [0, 0.1) is 0 Å². The number of carboxylic acids is 1. The smallest absolute Gasteiger partial charge is 0.354 e. The van der Waals surface area contributed by atoms with Crippen LogP contribution in [0.3, 0.4) is 0 Å². The Hall–Kier alpha value is -1.79. The van der Waals surface area contributed by atoms with Crippen molar-refractivity contribution in [3.8, 4) is 0 Å². The van der Waals surface area contributed by atoms with Crippen LogP contribution in [-0.4, -0.2) is 35.4 Å². The molecule has 1 unspecified atom stereocenters. The van der Waals surface area contributed by atoms with E-state index in [1.54, 1.807) is 13.0 Å². The quantitative estimate of drug-likeness (QED) is 0.858. The first-order chi connectivity index (χ1) is 9.93. The number of benzene rings is 1. The number of carboxylic acid groups (broad SMARTS) is 1. The van der Waals surface area contributed by atoms with Gasteiger partial charge in [0.05, 0.1) is 22.3 Å². The normalized spacial score (nSPS) is 17.6. The average Bonchev–Trinajstić information content (AvgIpc) is 2.87. The number of ether oxygens (including phenoxy) is 1. The molecule has 1 heterocycles. The molecule has 0 aliphatic carbocycles. The van der Waals surface area contributed by atoms with Crippen molar-refractivity contribution in [1.29, 1.82) is 0 Å². The van der Waals surface area contributed by atoms with E-state index in [4.69, 9.17) is 27.9 Å². The molecule has 1 aliphatic rings. The van der Waals surface area contributed by atoms with Gasteiger partial charge in [0.1, 0.15) is 5.71 Å². The van der Waals surface area contributed by atoms with Crippen molar-refractivity contribution >= 4 is 46.5 Å². The van der Waals surface area contributed by atoms with Gasteiger partial charge < -0.3 is 9.84 Å². The molecule has 0 spiro atoms. The summed E-state index contributed by atoms with van der Waals surface area (Å²) in [6.07, 6.45) is -0.0333. The van der Waals surface area contributed by atoms with Gasteiger partial charge in [0.15, 0.2) is 6.04 Å². The summed E-state index contributed by atoms with van der Waals surface area (Å²) in [6.45, 7) is 1.86. The summed E-state index contributed by atoms with van der Waals surface area (Å²) < 4.78 is 4.84. The molecule has 1 N–H and O–H groups in total. The van der Waals surface area contributed by atoms with Crippen LogP contribution in [0.2, 0.25) is 10.0 Å². The van der Waals surface area contributed by atoms with Gasteiger partial charge in [-0.3, -0.25) is 5.01 Å². The SMILES string of the molecule is CCOC(=O)C1=NN(c2ccc(Cl)c(Cl)c2)C(C(=O)O)C1. The Morgan fingerprint density at radius 3 is 2.71 bits per heavy atom. The van der Waals surface area contributed by atoms with Crippen LogP contribution >= 0.6 is 23.2 Å². The highest BCUT2D eigenvalue weighted by Gasteiger charge is 2.36. The highest BCUT2D eigenvalue weighted by atomic mass is 35.5. The Morgan fingerprint density at radius 1 is 1.43 bits per heavy atom. The van der Waals surface area contributed by atoms with Gasteiger partial charge in [0, 0.05) is 6.42 Å². The van der Waals surface area contributed by atoms with Crippen LogP contribution < -0.4 is 5.01 Å². The van der Waals surface area contributed by atoms with Crippen LogP contribution in [0.5, 0.6) is 0 Å². The predicted molar refractivity (Wildman–Crippen MR) is 79.0 cm³/mol. The minimum Gasteiger partial charge on any atom is -0.480 e. The molecule has 0 aromatic heterocycles. The zero-order valence-corrected chi connectivity index (χ0v) is 12.6. The number of aliphatic carboxylic acids is 1. The molecule has 2 rings (SSSR count). The molecule has 112 valence electrons. The van der Waals surface area contributed by atoms with E-state index < -0.39 is 18.0 Å². The minimum atomic E-state index is -1.09. The first-order valence-electron chi connectivity index (χ1n) is 6.15. The van der Waals surface area contributed by atoms with Crippen LogP contribution in [0.25, 0.3) is 0 Å². The summed E-state index contributed by atoms with van der Waals surface area (Å²) in [4.78, 5) is 23.0. The van der Waals surface area contributed by atoms with Gasteiger partial charge in [0.25, 0.3) is 0 Å². The van der Waals surface area contributed by atoms with Gasteiger partial charge in [-0.2, -0.15) is 5.10 Å². The van der Waals surface area contributed by atoms with Gasteiger partial charge in [-0.15, -0.1) is 0 Å². The van der Waals surface area contributed by atoms with Crippen LogP contribution in [0.15, 0.2) is 23.3 Å². The maximum absolute atomic E-state index is 11.7. The molecule has 1 aliphatic heterocycles. The Morgan fingerprint density at radius 2 is 2.14 bits per heavy atom. The molecule has 6 nitrogen and oxygen atoms in total. The van der Waals surface area contributed by atoms with E-state index >= 15 is 0 Å². The molecular weight excluding hydrogens is 319 g/mol. The third kappa shape index (κ3) is 3.28. The van der Waals surface area contributed by atoms with E-state index in [1.165, 1.54) is 17.1 Å². The first kappa shape index (κ1) is 15.6. The first-order valence-corrected chi connectivity index (χ1v) is 6.91. The van der Waals surface area contributed by atoms with Gasteiger partial charge in [-0.05, 0) is 25.1 Å². The van der Waals surface area contributed by atoms with Crippen LogP contribution in [0.1, 0.15) is 13.3 Å². The second-order valence-corrected chi connectivity index (χ2v) is 5.08. The number of hydrazone groups is 1. The molecule has 0 saturated carbocycles. The highest BCUT2D eigenvalue weighted by Crippen LogP contribution is 2.31. The number of hydrogen-bond donors (Lipinski definition) is 1. The average molecular weight is 331 g/mol. The Bertz CT molecular complexity index is 618. The number of hydrogen-bond acceptors (Lipinski definition) is 5. The Kier molecular flexibility index (Phi) is 4.69. The van der Waals surface area contributed by atoms with Gasteiger partial charge in [-0.1, -0.05) is 23.2 Å². The molecule has 0 saturated heterocycles. The molecule has 0 radical (unpaired) electrons. The minimum absolute atomic E-state index is 0.0333. The lowest BCUT2D eigenvalue weighted by Crippen LogP contribution is -2.34. The van der Waals surface area contributed by atoms with E-state index in [1.807, 2.05) is 0 Å². The molecule has 0 bridgehead atoms. The van der Waals surface area contributed by atoms with Crippen molar-refractivity contribution in [2.45, 2.75) is 19.4 Å². The molecule has 0 amide bonds. The Labute approximate surface area is 130 Å². The van der Waals surface area contributed by atoms with E-state index in [9.17, 15) is 14.7 Å². The van der Waals surface area contributed by atoms with Crippen LogP contribution in [0.4, 0.5) is 5.69 Å². The fourth-order valence-electron chi connectivity index (χ4n) is 1.91. The highest BCUT2D eigenvalue weighted by molar-refractivity contribution is 6.42. The van der Waals surface area contributed by atoms with E-state index in [2.05, 4.69) is 5.10 Å². The summed E-state index contributed by atoms with van der Waals surface area (Å²) in [5.41, 5.74) is 0.506. The van der Waals surface area contributed by atoms with Crippen molar-refractivity contribution in [1.82, 2.24) is 0 Å². The second kappa shape index (κ2) is 6.32. The molecule has 1 aromatic rings. The van der Waals surface area contributed by atoms with Crippen molar-refractivity contribution in [2.24, 2.45) is 5.10 Å². The molecule has 1 atom stereocenters. The summed E-state index contributed by atoms with van der Waals surface area (Å²) in [5.74, 6) is -1.71. The third-order valence-electron chi connectivity index (χ3n) is 2.87. The maximum Gasteiger partial charge on any atom is 0.354 e. The van der Waals surface area contributed by atoms with Crippen molar-refractivity contribution in [2.75, 3.05) is 11.6 Å². The van der Waals surface area contributed by atoms with E-state index in [0.717, 1.165) is 0 Å². The predicted octanol–water partition coefficient (Wildman–Crippen LogP) is 2.58. The lowest BCUT2D eigenvalue weighted by molar-refractivity contribution is -0.138. The summed E-state index contributed by atoms with van der Waals surface area (Å²) >= 11 is 11.8. The second-order valence-electron chi connectivity index (χ2n) is 4.27. The van der Waals surface area contributed by atoms with Crippen molar-refractivity contribution in [3.63, 3.8) is 0 Å². The lowest BCUT2D eigenvalue weighted by atomic mass is 10.1. The van der Waals surface area contributed by atoms with Crippen molar-refractivity contribution < 1.29 is 19.4 Å². The van der Waals surface area contributed by atoms with Gasteiger partial charge in [0.2, 0.25) is 0 Å². The van der Waals surface area contributed by atoms with E-state index in [-0.39, 0.29) is 23.8 Å². The van der Waals surface area contributed by atoms with Crippen LogP contribution in [-0.2, 0) is 14.3 Å². The number of halogens is 2. The molecule has 1 aromatic carbocycles. The standard InChI is InChI=1S/C13H12Cl2N2O4/c1-2-21-13(20)10-6-11(12(18)19)17(16-10)7-3-4-8(14)9(15)5-7/h3-5,11H,2,6H2,1H3,(H,18,19). The number of carbonyl (C=O) groups is 2. The molecule has 0 fully saturated rings. The molecule has 8 heteroatoms. The van der Waals surface area contributed by atoms with Gasteiger partial charge >= 0.3 is 11.9 Å². The fraction of sp³-hybridized carbons (Fsp3) is 0.308. The topological polar surface area (TPSA) is 79.2 Å². The number of nitrogens with zero attached hydrogens (tertiary/aromatic N) is 2. The third-order valence-corrected chi connectivity index (χ3v) is 3.61. The maximum atomic E-state index is 11.7. The molecule has 21 heavy (non-hydrogen) atoms. The monoisotopic (exact) mass is 330 g/mol.